The second-order valence-corrected chi connectivity index (χ2v) is 4.43. The Morgan fingerprint density at radius 3 is 2.83 bits per heavy atom. The third-order valence-electron chi connectivity index (χ3n) is 2.36. The predicted molar refractivity (Wildman–Crippen MR) is 67.8 cm³/mol. The van der Waals surface area contributed by atoms with Gasteiger partial charge in [-0.05, 0) is 12.0 Å². The Morgan fingerprint density at radius 1 is 1.44 bits per heavy atom. The number of anilines is 1. The molecule has 1 aromatic carbocycles. The van der Waals surface area contributed by atoms with Crippen molar-refractivity contribution < 1.29 is 4.79 Å². The maximum Gasteiger partial charge on any atom is 0.242 e. The van der Waals surface area contributed by atoms with Gasteiger partial charge in [-0.1, -0.05) is 34.8 Å². The lowest BCUT2D eigenvalue weighted by Crippen LogP contribution is -2.22. The third kappa shape index (κ3) is 3.12. The molecule has 1 amide bonds. The van der Waals surface area contributed by atoms with Crippen molar-refractivity contribution in [3.05, 3.63) is 42.1 Å². The molecule has 1 N–H and O–H groups in total. The van der Waals surface area contributed by atoms with Crippen molar-refractivity contribution >= 4 is 22.4 Å². The van der Waals surface area contributed by atoms with Crippen molar-refractivity contribution in [2.24, 2.45) is 5.92 Å². The number of rotatable bonds is 4. The molecule has 0 bridgehead atoms. The van der Waals surface area contributed by atoms with Gasteiger partial charge in [-0.15, -0.1) is 5.10 Å². The van der Waals surface area contributed by atoms with E-state index in [1.54, 1.807) is 0 Å². The number of carbonyl (C=O) groups excluding carboxylic acids is 1. The molecule has 0 aliphatic heterocycles. The van der Waals surface area contributed by atoms with Crippen LogP contribution in [0.5, 0.6) is 0 Å². The summed E-state index contributed by atoms with van der Waals surface area (Å²) in [5.74, 6) is -1.04. The summed E-state index contributed by atoms with van der Waals surface area (Å²) >= 11 is 1.08. The van der Waals surface area contributed by atoms with Gasteiger partial charge in [-0.25, -0.2) is 0 Å². The second kappa shape index (κ2) is 5.89. The average molecular weight is 258 g/mol. The molecule has 1 aromatic heterocycles. The summed E-state index contributed by atoms with van der Waals surface area (Å²) in [4.78, 5) is 11.9. The van der Waals surface area contributed by atoms with E-state index < -0.39 is 5.92 Å². The van der Waals surface area contributed by atoms with Crippen LogP contribution in [0.15, 0.2) is 36.5 Å². The minimum atomic E-state index is -0.713. The van der Waals surface area contributed by atoms with Crippen molar-refractivity contribution in [1.29, 1.82) is 5.26 Å². The molecule has 1 heterocycles. The van der Waals surface area contributed by atoms with E-state index in [1.807, 2.05) is 36.4 Å². The predicted octanol–water partition coefficient (Wildman–Crippen LogP) is 1.86. The van der Waals surface area contributed by atoms with Gasteiger partial charge in [-0.3, -0.25) is 4.79 Å². The summed E-state index contributed by atoms with van der Waals surface area (Å²) in [5, 5.41) is 15.8. The van der Waals surface area contributed by atoms with Crippen molar-refractivity contribution in [2.75, 3.05) is 5.32 Å². The first-order valence-electron chi connectivity index (χ1n) is 5.31. The van der Waals surface area contributed by atoms with Crippen molar-refractivity contribution in [1.82, 2.24) is 9.59 Å². The molecule has 0 spiro atoms. The summed E-state index contributed by atoms with van der Waals surface area (Å²) < 4.78 is 3.64. The van der Waals surface area contributed by atoms with E-state index in [2.05, 4.69) is 14.9 Å². The van der Waals surface area contributed by atoms with Crippen LogP contribution in [0, 0.1) is 17.2 Å². The smallest absolute Gasteiger partial charge is 0.242 e. The van der Waals surface area contributed by atoms with Crippen molar-refractivity contribution in [2.45, 2.75) is 6.42 Å². The first kappa shape index (κ1) is 12.2. The van der Waals surface area contributed by atoms with Crippen LogP contribution in [0.1, 0.15) is 5.56 Å². The molecule has 0 aliphatic rings. The lowest BCUT2D eigenvalue weighted by molar-refractivity contribution is -0.118. The van der Waals surface area contributed by atoms with Crippen LogP contribution in [0.25, 0.3) is 0 Å². The quantitative estimate of drug-likeness (QED) is 0.907. The normalized spacial score (nSPS) is 11.5. The van der Waals surface area contributed by atoms with E-state index in [0.717, 1.165) is 17.1 Å². The Kier molecular flexibility index (Phi) is 3.99. The number of benzene rings is 1. The fourth-order valence-corrected chi connectivity index (χ4v) is 1.90. The topological polar surface area (TPSA) is 78.7 Å². The fourth-order valence-electron chi connectivity index (χ4n) is 1.48. The van der Waals surface area contributed by atoms with E-state index in [-0.39, 0.29) is 5.91 Å². The summed E-state index contributed by atoms with van der Waals surface area (Å²) in [7, 11) is 0. The van der Waals surface area contributed by atoms with Gasteiger partial charge in [0.1, 0.15) is 10.9 Å². The Morgan fingerprint density at radius 2 is 2.22 bits per heavy atom. The SMILES string of the molecule is N#CC(Cc1ccccc1)C(=O)Nc1cnns1. The molecule has 0 saturated heterocycles. The molecule has 0 saturated carbocycles. The molecule has 5 nitrogen and oxygen atoms in total. The molecular formula is C12H10N4OS. The summed E-state index contributed by atoms with van der Waals surface area (Å²) in [5.41, 5.74) is 0.960. The van der Waals surface area contributed by atoms with Gasteiger partial charge in [0.15, 0.2) is 0 Å². The van der Waals surface area contributed by atoms with Crippen LogP contribution < -0.4 is 5.32 Å². The highest BCUT2D eigenvalue weighted by atomic mass is 32.1. The van der Waals surface area contributed by atoms with Crippen LogP contribution in [-0.4, -0.2) is 15.5 Å². The number of nitrogens with one attached hydrogen (secondary N) is 1. The van der Waals surface area contributed by atoms with E-state index in [9.17, 15) is 4.79 Å². The van der Waals surface area contributed by atoms with Gasteiger partial charge in [0.2, 0.25) is 5.91 Å². The Bertz CT molecular complexity index is 547. The molecule has 2 aromatic rings. The Labute approximate surface area is 108 Å². The highest BCUT2D eigenvalue weighted by molar-refractivity contribution is 7.10. The number of aromatic nitrogens is 2. The monoisotopic (exact) mass is 258 g/mol. The van der Waals surface area contributed by atoms with Crippen LogP contribution in [-0.2, 0) is 11.2 Å². The largest absolute Gasteiger partial charge is 0.314 e. The van der Waals surface area contributed by atoms with E-state index in [4.69, 9.17) is 5.26 Å². The molecule has 18 heavy (non-hydrogen) atoms. The number of nitriles is 1. The number of carbonyl (C=O) groups is 1. The zero-order valence-electron chi connectivity index (χ0n) is 9.41. The molecule has 1 atom stereocenters. The molecule has 0 fully saturated rings. The van der Waals surface area contributed by atoms with Gasteiger partial charge in [0.25, 0.3) is 0 Å². The molecule has 1 unspecified atom stereocenters. The summed E-state index contributed by atoms with van der Waals surface area (Å²) in [6.45, 7) is 0. The van der Waals surface area contributed by atoms with E-state index in [1.165, 1.54) is 6.20 Å². The van der Waals surface area contributed by atoms with Crippen LogP contribution in [0.3, 0.4) is 0 Å². The lowest BCUT2D eigenvalue weighted by atomic mass is 10.00. The lowest BCUT2D eigenvalue weighted by Gasteiger charge is -2.08. The highest BCUT2D eigenvalue weighted by Gasteiger charge is 2.19. The van der Waals surface area contributed by atoms with Crippen LogP contribution >= 0.6 is 11.5 Å². The molecule has 0 radical (unpaired) electrons. The highest BCUT2D eigenvalue weighted by Crippen LogP contribution is 2.14. The standard InChI is InChI=1S/C12H10N4OS/c13-7-10(6-9-4-2-1-3-5-9)12(17)15-11-8-14-16-18-11/h1-5,8,10H,6H2,(H,15,17). The number of amides is 1. The minimum Gasteiger partial charge on any atom is -0.314 e. The van der Waals surface area contributed by atoms with Gasteiger partial charge in [-0.2, -0.15) is 5.26 Å². The first-order chi connectivity index (χ1) is 8.79. The Hall–Kier alpha value is -2.26. The number of nitrogens with zero attached hydrogens (tertiary/aromatic N) is 3. The molecule has 6 heteroatoms. The van der Waals surface area contributed by atoms with Gasteiger partial charge < -0.3 is 5.32 Å². The zero-order chi connectivity index (χ0) is 12.8. The maximum atomic E-state index is 11.9. The third-order valence-corrected chi connectivity index (χ3v) is 2.94. The van der Waals surface area contributed by atoms with Crippen molar-refractivity contribution in [3.8, 4) is 6.07 Å². The van der Waals surface area contributed by atoms with E-state index in [0.29, 0.717) is 11.4 Å². The van der Waals surface area contributed by atoms with Gasteiger partial charge >= 0.3 is 0 Å². The molecule has 90 valence electrons. The summed E-state index contributed by atoms with van der Waals surface area (Å²) in [6.07, 6.45) is 1.86. The summed E-state index contributed by atoms with van der Waals surface area (Å²) in [6, 6.07) is 11.5. The van der Waals surface area contributed by atoms with Crippen molar-refractivity contribution in [3.63, 3.8) is 0 Å². The maximum absolute atomic E-state index is 11.9. The number of hydrogen-bond acceptors (Lipinski definition) is 5. The van der Waals surface area contributed by atoms with E-state index >= 15 is 0 Å². The zero-order valence-corrected chi connectivity index (χ0v) is 10.2. The molecule has 2 rings (SSSR count). The van der Waals surface area contributed by atoms with Gasteiger partial charge in [0.05, 0.1) is 12.3 Å². The van der Waals surface area contributed by atoms with Crippen LogP contribution in [0.4, 0.5) is 5.00 Å². The molecule has 0 aliphatic carbocycles. The minimum absolute atomic E-state index is 0.326. The van der Waals surface area contributed by atoms with Gasteiger partial charge in [0, 0.05) is 11.5 Å². The van der Waals surface area contributed by atoms with Crippen LogP contribution in [0.2, 0.25) is 0 Å². The second-order valence-electron chi connectivity index (χ2n) is 3.64. The Balaban J connectivity index is 2.01. The fraction of sp³-hybridized carbons (Fsp3) is 0.167. The average Bonchev–Trinajstić information content (AvgIpc) is 2.90. The number of hydrogen-bond donors (Lipinski definition) is 1. The molecular weight excluding hydrogens is 248 g/mol. The first-order valence-corrected chi connectivity index (χ1v) is 6.08.